The van der Waals surface area contributed by atoms with Crippen LogP contribution in [0.1, 0.15) is 25.5 Å². The van der Waals surface area contributed by atoms with Crippen molar-refractivity contribution in [3.8, 4) is 0 Å². The molecule has 0 radical (unpaired) electrons. The van der Waals surface area contributed by atoms with Gasteiger partial charge in [0.15, 0.2) is 0 Å². The molecule has 1 N–H and O–H groups in total. The zero-order chi connectivity index (χ0) is 15.4. The molecular weight excluding hydrogens is 309 g/mol. The van der Waals surface area contributed by atoms with Crippen LogP contribution in [0.5, 0.6) is 0 Å². The summed E-state index contributed by atoms with van der Waals surface area (Å²) in [4.78, 5) is 11.9. The summed E-state index contributed by atoms with van der Waals surface area (Å²) in [5.74, 6) is 0.394. The number of nitrogens with one attached hydrogen (secondary N) is 1. The van der Waals surface area contributed by atoms with Crippen molar-refractivity contribution in [2.24, 2.45) is 0 Å². The predicted molar refractivity (Wildman–Crippen MR) is 86.7 cm³/mol. The van der Waals surface area contributed by atoms with Crippen LogP contribution in [0.25, 0.3) is 6.08 Å². The third-order valence-corrected chi connectivity index (χ3v) is 3.64. The highest BCUT2D eigenvalue weighted by atomic mass is 35.5. The summed E-state index contributed by atoms with van der Waals surface area (Å²) >= 11 is 12.0. The molecule has 0 saturated carbocycles. The molecule has 21 heavy (non-hydrogen) atoms. The summed E-state index contributed by atoms with van der Waals surface area (Å²) in [7, 11) is 0. The Morgan fingerprint density at radius 2 is 2.10 bits per heavy atom. The molecule has 6 heteroatoms. The summed E-state index contributed by atoms with van der Waals surface area (Å²) in [5.41, 5.74) is 0.691. The van der Waals surface area contributed by atoms with Gasteiger partial charge in [0.2, 0.25) is 5.91 Å². The van der Waals surface area contributed by atoms with E-state index in [0.29, 0.717) is 21.4 Å². The van der Waals surface area contributed by atoms with Gasteiger partial charge >= 0.3 is 0 Å². The molecule has 0 aliphatic carbocycles. The SMILES string of the molecule is CC(C)n1nccc1NC(=O)/C=C/c1cccc(Cl)c1Cl. The second kappa shape index (κ2) is 6.78. The molecule has 1 aromatic heterocycles. The van der Waals surface area contributed by atoms with Crippen molar-refractivity contribution in [2.75, 3.05) is 5.32 Å². The van der Waals surface area contributed by atoms with E-state index in [1.165, 1.54) is 6.08 Å². The molecule has 1 amide bonds. The molecule has 4 nitrogen and oxygen atoms in total. The molecule has 2 rings (SSSR count). The van der Waals surface area contributed by atoms with Crippen LogP contribution in [-0.2, 0) is 4.79 Å². The lowest BCUT2D eigenvalue weighted by Crippen LogP contribution is -2.14. The van der Waals surface area contributed by atoms with Gasteiger partial charge in [-0.1, -0.05) is 35.3 Å². The number of hydrogen-bond acceptors (Lipinski definition) is 2. The van der Waals surface area contributed by atoms with Crippen LogP contribution in [0.15, 0.2) is 36.5 Å². The zero-order valence-electron chi connectivity index (χ0n) is 11.7. The van der Waals surface area contributed by atoms with E-state index in [1.54, 1.807) is 41.2 Å². The fourth-order valence-corrected chi connectivity index (χ4v) is 2.18. The molecule has 1 heterocycles. The van der Waals surface area contributed by atoms with E-state index in [0.717, 1.165) is 0 Å². The van der Waals surface area contributed by atoms with Crippen molar-refractivity contribution in [1.29, 1.82) is 0 Å². The summed E-state index contributed by atoms with van der Waals surface area (Å²) < 4.78 is 1.73. The van der Waals surface area contributed by atoms with Crippen molar-refractivity contribution in [3.63, 3.8) is 0 Å². The Bertz CT molecular complexity index is 677. The lowest BCUT2D eigenvalue weighted by Gasteiger charge is -2.10. The molecule has 2 aromatic rings. The smallest absolute Gasteiger partial charge is 0.249 e. The number of carbonyl (C=O) groups excluding carboxylic acids is 1. The summed E-state index contributed by atoms with van der Waals surface area (Å²) in [5, 5.41) is 7.81. The molecule has 0 aliphatic rings. The Morgan fingerprint density at radius 3 is 2.81 bits per heavy atom. The number of nitrogens with zero attached hydrogens (tertiary/aromatic N) is 2. The second-order valence-corrected chi connectivity index (χ2v) is 5.51. The quantitative estimate of drug-likeness (QED) is 0.846. The van der Waals surface area contributed by atoms with Crippen LogP contribution in [0.3, 0.4) is 0 Å². The standard InChI is InChI=1S/C15H15Cl2N3O/c1-10(2)20-13(8-9-18-20)19-14(21)7-6-11-4-3-5-12(16)15(11)17/h3-10H,1-2H3,(H,19,21)/b7-6+. The van der Waals surface area contributed by atoms with Gasteiger partial charge in [-0.05, 0) is 31.6 Å². The Labute approximate surface area is 133 Å². The molecule has 0 atom stereocenters. The monoisotopic (exact) mass is 323 g/mol. The van der Waals surface area contributed by atoms with Crippen LogP contribution in [0.2, 0.25) is 10.0 Å². The normalized spacial score (nSPS) is 11.3. The van der Waals surface area contributed by atoms with Crippen molar-refractivity contribution < 1.29 is 4.79 Å². The number of hydrogen-bond donors (Lipinski definition) is 1. The number of carbonyl (C=O) groups is 1. The van der Waals surface area contributed by atoms with Gasteiger partial charge in [0.1, 0.15) is 5.82 Å². The first kappa shape index (κ1) is 15.6. The van der Waals surface area contributed by atoms with Crippen molar-refractivity contribution in [3.05, 3.63) is 52.1 Å². The minimum absolute atomic E-state index is 0.168. The minimum Gasteiger partial charge on any atom is -0.307 e. The van der Waals surface area contributed by atoms with Crippen molar-refractivity contribution in [2.45, 2.75) is 19.9 Å². The molecule has 0 saturated heterocycles. The lowest BCUT2D eigenvalue weighted by molar-refractivity contribution is -0.111. The Hall–Kier alpha value is -1.78. The predicted octanol–water partition coefficient (Wildman–Crippen LogP) is 4.42. The maximum Gasteiger partial charge on any atom is 0.249 e. The maximum absolute atomic E-state index is 11.9. The van der Waals surface area contributed by atoms with Gasteiger partial charge in [-0.3, -0.25) is 4.79 Å². The van der Waals surface area contributed by atoms with E-state index in [4.69, 9.17) is 23.2 Å². The van der Waals surface area contributed by atoms with E-state index in [1.807, 2.05) is 13.8 Å². The fourth-order valence-electron chi connectivity index (χ4n) is 1.81. The topological polar surface area (TPSA) is 46.9 Å². The van der Waals surface area contributed by atoms with Gasteiger partial charge in [0.05, 0.1) is 16.2 Å². The third kappa shape index (κ3) is 3.86. The van der Waals surface area contributed by atoms with Gasteiger partial charge < -0.3 is 5.32 Å². The average molecular weight is 324 g/mol. The molecule has 0 bridgehead atoms. The highest BCUT2D eigenvalue weighted by Gasteiger charge is 2.08. The molecule has 0 aliphatic heterocycles. The Morgan fingerprint density at radius 1 is 1.33 bits per heavy atom. The number of benzene rings is 1. The van der Waals surface area contributed by atoms with E-state index in [2.05, 4.69) is 10.4 Å². The van der Waals surface area contributed by atoms with Crippen molar-refractivity contribution in [1.82, 2.24) is 9.78 Å². The number of halogens is 2. The minimum atomic E-state index is -0.256. The van der Waals surface area contributed by atoms with Gasteiger partial charge in [0.25, 0.3) is 0 Å². The first-order valence-corrected chi connectivity index (χ1v) is 7.21. The van der Waals surface area contributed by atoms with Crippen LogP contribution >= 0.6 is 23.2 Å². The van der Waals surface area contributed by atoms with Crippen LogP contribution in [-0.4, -0.2) is 15.7 Å². The molecular formula is C15H15Cl2N3O. The first-order valence-electron chi connectivity index (χ1n) is 6.45. The van der Waals surface area contributed by atoms with Crippen molar-refractivity contribution >= 4 is 41.0 Å². The number of aromatic nitrogens is 2. The average Bonchev–Trinajstić information content (AvgIpc) is 2.88. The fraction of sp³-hybridized carbons (Fsp3) is 0.200. The third-order valence-electron chi connectivity index (χ3n) is 2.81. The lowest BCUT2D eigenvalue weighted by atomic mass is 10.2. The van der Waals surface area contributed by atoms with Gasteiger partial charge in [-0.15, -0.1) is 0 Å². The molecule has 0 fully saturated rings. The maximum atomic E-state index is 11.9. The van der Waals surface area contributed by atoms with Crippen LogP contribution < -0.4 is 5.32 Å². The van der Waals surface area contributed by atoms with E-state index in [9.17, 15) is 4.79 Å². The number of rotatable bonds is 4. The Balaban J connectivity index is 2.09. The van der Waals surface area contributed by atoms with Crippen LogP contribution in [0.4, 0.5) is 5.82 Å². The number of amides is 1. The molecule has 1 aromatic carbocycles. The van der Waals surface area contributed by atoms with Gasteiger partial charge in [0, 0.05) is 18.2 Å². The summed E-state index contributed by atoms with van der Waals surface area (Å²) in [6, 6.07) is 7.18. The first-order chi connectivity index (χ1) is 9.99. The summed E-state index contributed by atoms with van der Waals surface area (Å²) in [6.07, 6.45) is 4.68. The highest BCUT2D eigenvalue weighted by molar-refractivity contribution is 6.42. The van der Waals surface area contributed by atoms with E-state index in [-0.39, 0.29) is 11.9 Å². The Kier molecular flexibility index (Phi) is 5.04. The largest absolute Gasteiger partial charge is 0.307 e. The highest BCUT2D eigenvalue weighted by Crippen LogP contribution is 2.26. The molecule has 0 spiro atoms. The van der Waals surface area contributed by atoms with E-state index < -0.39 is 0 Å². The van der Waals surface area contributed by atoms with E-state index >= 15 is 0 Å². The van der Waals surface area contributed by atoms with Crippen LogP contribution in [0, 0.1) is 0 Å². The van der Waals surface area contributed by atoms with Gasteiger partial charge in [-0.2, -0.15) is 5.10 Å². The number of anilines is 1. The molecule has 0 unspecified atom stereocenters. The van der Waals surface area contributed by atoms with Gasteiger partial charge in [-0.25, -0.2) is 4.68 Å². The summed E-state index contributed by atoms with van der Waals surface area (Å²) in [6.45, 7) is 3.98. The zero-order valence-corrected chi connectivity index (χ0v) is 13.2. The second-order valence-electron chi connectivity index (χ2n) is 4.72. The molecule has 110 valence electrons.